The van der Waals surface area contributed by atoms with E-state index in [4.69, 9.17) is 16.3 Å². The van der Waals surface area contributed by atoms with Gasteiger partial charge in [0.25, 0.3) is 0 Å². The summed E-state index contributed by atoms with van der Waals surface area (Å²) in [5.41, 5.74) is -0.883. The van der Waals surface area contributed by atoms with Crippen molar-refractivity contribution in [2.24, 2.45) is 0 Å². The third-order valence-corrected chi connectivity index (χ3v) is 3.38. The second kappa shape index (κ2) is 9.31. The Morgan fingerprint density at radius 1 is 1.33 bits per heavy atom. The van der Waals surface area contributed by atoms with Crippen LogP contribution in [0.5, 0.6) is 5.75 Å². The minimum atomic E-state index is -0.857. The Morgan fingerprint density at radius 3 is 2.50 bits per heavy atom. The molecule has 0 bridgehead atoms. The molecule has 0 saturated heterocycles. The molecule has 2 rings (SSSR count). The Bertz CT molecular complexity index is 833. The Morgan fingerprint density at radius 2 is 1.96 bits per heavy atom. The van der Waals surface area contributed by atoms with Crippen molar-refractivity contribution in [1.82, 2.24) is 4.57 Å². The quantitative estimate of drug-likeness (QED) is 0.553. The average molecular weight is 426 g/mol. The van der Waals surface area contributed by atoms with Crippen molar-refractivity contribution in [3.63, 3.8) is 0 Å². The molecule has 3 nitrogen and oxygen atoms in total. The molecule has 0 spiro atoms. The van der Waals surface area contributed by atoms with Gasteiger partial charge in [-0.3, -0.25) is 4.79 Å². The van der Waals surface area contributed by atoms with Gasteiger partial charge < -0.3 is 9.30 Å². The molecule has 0 fully saturated rings. The molecular weight excluding hydrogens is 413 g/mol. The number of aromatic nitrogens is 1. The molecule has 0 unspecified atom stereocenters. The van der Waals surface area contributed by atoms with Crippen molar-refractivity contribution < 1.29 is 46.2 Å². The van der Waals surface area contributed by atoms with Crippen LogP contribution in [-0.4, -0.2) is 11.2 Å². The molecule has 0 atom stereocenters. The maximum Gasteiger partial charge on any atom is 0.212 e. The minimum absolute atomic E-state index is 0. The van der Waals surface area contributed by atoms with Crippen LogP contribution in [0.25, 0.3) is 11.3 Å². The Labute approximate surface area is 168 Å². The van der Waals surface area contributed by atoms with Gasteiger partial charge in [0.1, 0.15) is 12.4 Å². The molecule has 2 aromatic rings. The normalized spacial score (nSPS) is 9.71. The molecule has 24 heavy (non-hydrogen) atoms. The van der Waals surface area contributed by atoms with Crippen molar-refractivity contribution in [3.05, 3.63) is 51.3 Å². The van der Waals surface area contributed by atoms with Gasteiger partial charge in [0, 0.05) is 56.4 Å². The van der Waals surface area contributed by atoms with Crippen LogP contribution in [0.15, 0.2) is 23.0 Å². The van der Waals surface area contributed by atoms with Gasteiger partial charge in [0.2, 0.25) is 5.56 Å². The van der Waals surface area contributed by atoms with Gasteiger partial charge in [-0.2, -0.15) is 23.7 Å². The van der Waals surface area contributed by atoms with Crippen LogP contribution in [0.2, 0.25) is 5.02 Å². The molecule has 1 heterocycles. The molecule has 0 saturated carbocycles. The number of nitrogens with zero attached hydrogens (tertiary/aromatic N) is 1. The SMILES string of the molecule is CC#CCOc1cc(F)c(-c2[c-]cc(Cl)c(=O)n2CC)c(F)c1.[Y]. The number of ether oxygens (including phenoxy) is 1. The van der Waals surface area contributed by atoms with Crippen molar-refractivity contribution >= 4 is 11.6 Å². The fourth-order valence-corrected chi connectivity index (χ4v) is 2.22. The van der Waals surface area contributed by atoms with Gasteiger partial charge in [-0.1, -0.05) is 11.6 Å². The largest absolute Gasteiger partial charge is 0.481 e. The molecule has 7 heteroatoms. The predicted molar refractivity (Wildman–Crippen MR) is 84.5 cm³/mol. The molecule has 1 radical (unpaired) electrons. The first-order chi connectivity index (χ1) is 11.0. The smallest absolute Gasteiger partial charge is 0.212 e. The molecule has 1 aromatic heterocycles. The topological polar surface area (TPSA) is 31.2 Å². The molecule has 0 aliphatic rings. The van der Waals surface area contributed by atoms with Gasteiger partial charge in [0.05, 0.1) is 11.6 Å². The van der Waals surface area contributed by atoms with Crippen LogP contribution in [0.3, 0.4) is 0 Å². The van der Waals surface area contributed by atoms with Crippen LogP contribution in [0, 0.1) is 29.5 Å². The summed E-state index contributed by atoms with van der Waals surface area (Å²) in [5.74, 6) is 3.55. The minimum Gasteiger partial charge on any atom is -0.481 e. The first-order valence-electron chi connectivity index (χ1n) is 6.82. The number of benzene rings is 1. The summed E-state index contributed by atoms with van der Waals surface area (Å²) in [6.07, 6.45) is 0. The summed E-state index contributed by atoms with van der Waals surface area (Å²) in [7, 11) is 0. The van der Waals surface area contributed by atoms with E-state index < -0.39 is 17.2 Å². The van der Waals surface area contributed by atoms with Crippen molar-refractivity contribution in [3.8, 4) is 28.8 Å². The molecule has 123 valence electrons. The molecule has 0 aliphatic heterocycles. The van der Waals surface area contributed by atoms with Gasteiger partial charge in [-0.05, 0) is 19.4 Å². The third-order valence-electron chi connectivity index (χ3n) is 3.11. The van der Waals surface area contributed by atoms with Crippen LogP contribution in [0.4, 0.5) is 8.78 Å². The zero-order valence-electron chi connectivity index (χ0n) is 13.1. The number of hydrogen-bond acceptors (Lipinski definition) is 2. The van der Waals surface area contributed by atoms with Crippen LogP contribution < -0.4 is 10.3 Å². The predicted octanol–water partition coefficient (Wildman–Crippen LogP) is 3.67. The first kappa shape index (κ1) is 20.8. The third kappa shape index (κ3) is 4.44. The van der Waals surface area contributed by atoms with E-state index in [-0.39, 0.29) is 67.9 Å². The zero-order valence-corrected chi connectivity index (χ0v) is 16.7. The van der Waals surface area contributed by atoms with E-state index in [0.29, 0.717) is 0 Å². The van der Waals surface area contributed by atoms with Gasteiger partial charge in [0.15, 0.2) is 0 Å². The van der Waals surface area contributed by atoms with E-state index in [2.05, 4.69) is 17.9 Å². The maximum absolute atomic E-state index is 14.3. The number of halogens is 3. The summed E-state index contributed by atoms with van der Waals surface area (Å²) in [4.78, 5) is 12.0. The van der Waals surface area contributed by atoms with Crippen molar-refractivity contribution in [2.75, 3.05) is 6.61 Å². The van der Waals surface area contributed by atoms with E-state index in [1.54, 1.807) is 13.8 Å². The van der Waals surface area contributed by atoms with E-state index in [0.717, 1.165) is 16.7 Å². The summed E-state index contributed by atoms with van der Waals surface area (Å²) >= 11 is 5.74. The van der Waals surface area contributed by atoms with Gasteiger partial charge in [-0.15, -0.1) is 5.92 Å². The van der Waals surface area contributed by atoms with Crippen molar-refractivity contribution in [2.45, 2.75) is 20.4 Å². The standard InChI is InChI=1S/C17H13ClF2NO2.Y/c1-3-5-8-23-11-9-13(19)16(14(20)10-11)15-7-6-12(18)17(22)21(15)4-2;/h6,9-10H,4,8H2,1-2H3;/q-1;. The second-order valence-corrected chi connectivity index (χ2v) is 4.92. The molecule has 0 amide bonds. The molecule has 0 aliphatic carbocycles. The average Bonchev–Trinajstić information content (AvgIpc) is 2.50. The monoisotopic (exact) mass is 425 g/mol. The number of pyridine rings is 1. The Kier molecular flexibility index (Phi) is 8.08. The zero-order chi connectivity index (χ0) is 17.0. The van der Waals surface area contributed by atoms with Crippen LogP contribution in [0.1, 0.15) is 13.8 Å². The fraction of sp³-hybridized carbons (Fsp3) is 0.235. The van der Waals surface area contributed by atoms with E-state index in [1.165, 1.54) is 6.07 Å². The maximum atomic E-state index is 14.3. The summed E-state index contributed by atoms with van der Waals surface area (Å²) in [5, 5.41) is -0.0606. The second-order valence-electron chi connectivity index (χ2n) is 4.51. The summed E-state index contributed by atoms with van der Waals surface area (Å²) in [6, 6.07) is 5.94. The number of rotatable bonds is 4. The summed E-state index contributed by atoms with van der Waals surface area (Å²) < 4.78 is 35.0. The van der Waals surface area contributed by atoms with Crippen LogP contribution in [-0.2, 0) is 39.3 Å². The van der Waals surface area contributed by atoms with E-state index in [1.807, 2.05) is 0 Å². The van der Waals surface area contributed by atoms with E-state index in [9.17, 15) is 13.6 Å². The van der Waals surface area contributed by atoms with Gasteiger partial charge >= 0.3 is 0 Å². The summed E-state index contributed by atoms with van der Waals surface area (Å²) in [6.45, 7) is 3.54. The Hall–Kier alpha value is -1.22. The first-order valence-corrected chi connectivity index (χ1v) is 7.20. The van der Waals surface area contributed by atoms with Crippen LogP contribution >= 0.6 is 11.6 Å². The molecule has 0 N–H and O–H groups in total. The van der Waals surface area contributed by atoms with E-state index >= 15 is 0 Å². The Balaban J connectivity index is 0.00000288. The van der Waals surface area contributed by atoms with Gasteiger partial charge in [-0.25, -0.2) is 8.78 Å². The number of hydrogen-bond donors (Lipinski definition) is 0. The van der Waals surface area contributed by atoms with Crippen molar-refractivity contribution in [1.29, 1.82) is 0 Å². The fourth-order valence-electron chi connectivity index (χ4n) is 2.06. The molecule has 1 aromatic carbocycles. The molecular formula is C17H13ClF2NO2Y-.